The lowest BCUT2D eigenvalue weighted by molar-refractivity contribution is -0.116. The zero-order chi connectivity index (χ0) is 20.6. The summed E-state index contributed by atoms with van der Waals surface area (Å²) in [4.78, 5) is 0. The van der Waals surface area contributed by atoms with Crippen LogP contribution in [0.2, 0.25) is 0 Å². The number of rotatable bonds is 5. The quantitative estimate of drug-likeness (QED) is 0.740. The molecule has 1 N–H and O–H groups in total. The molecule has 3 rings (SSSR count). The molecule has 1 aliphatic heterocycles. The Bertz CT molecular complexity index is 886. The Morgan fingerprint density at radius 3 is 2.61 bits per heavy atom. The number of aliphatic hydroxyl groups is 1. The predicted molar refractivity (Wildman–Crippen MR) is 113 cm³/mol. The van der Waals surface area contributed by atoms with Crippen molar-refractivity contribution in [1.29, 1.82) is 0 Å². The monoisotopic (exact) mass is 405 g/mol. The molecule has 1 aromatic carbocycles. The summed E-state index contributed by atoms with van der Waals surface area (Å²) in [5.41, 5.74) is 0.882. The van der Waals surface area contributed by atoms with Gasteiger partial charge in [-0.05, 0) is 53.0 Å². The Hall–Kier alpha value is -1.31. The number of aromatic nitrogens is 1. The van der Waals surface area contributed by atoms with Crippen molar-refractivity contribution in [3.05, 3.63) is 40.7 Å². The first-order valence-electron chi connectivity index (χ1n) is 9.81. The molecule has 2 aromatic rings. The molecule has 2 heterocycles. The number of ether oxygens (including phenoxy) is 3. The summed E-state index contributed by atoms with van der Waals surface area (Å²) in [7, 11) is 0. The maximum atomic E-state index is 11.0. The summed E-state index contributed by atoms with van der Waals surface area (Å²) in [6.07, 6.45) is -0.467. The largest absolute Gasteiger partial charge is 0.386 e. The molecular formula is C22H31NO4S. The molecule has 154 valence electrons. The third-order valence-corrected chi connectivity index (χ3v) is 5.21. The van der Waals surface area contributed by atoms with Gasteiger partial charge in [0.2, 0.25) is 0 Å². The SMILES string of the molecule is Cc1ccc2c(=S)n([C@@H]3O[C@H](COC(C)(C)C)C(OC(C)C)C3O)ccc2c1. The minimum absolute atomic E-state index is 0.0355. The van der Waals surface area contributed by atoms with Gasteiger partial charge in [-0.1, -0.05) is 36.0 Å². The average molecular weight is 406 g/mol. The molecule has 1 aromatic heterocycles. The van der Waals surface area contributed by atoms with Crippen LogP contribution in [0.3, 0.4) is 0 Å². The van der Waals surface area contributed by atoms with Crippen molar-refractivity contribution < 1.29 is 19.3 Å². The van der Waals surface area contributed by atoms with Crippen LogP contribution in [0.1, 0.15) is 46.4 Å². The van der Waals surface area contributed by atoms with Gasteiger partial charge in [0.05, 0.1) is 18.3 Å². The van der Waals surface area contributed by atoms with E-state index in [2.05, 4.69) is 13.0 Å². The number of aryl methyl sites for hydroxylation is 1. The van der Waals surface area contributed by atoms with Crippen molar-refractivity contribution in [1.82, 2.24) is 4.57 Å². The highest BCUT2D eigenvalue weighted by molar-refractivity contribution is 7.71. The lowest BCUT2D eigenvalue weighted by Gasteiger charge is -2.26. The molecular weight excluding hydrogens is 374 g/mol. The molecule has 6 heteroatoms. The van der Waals surface area contributed by atoms with Gasteiger partial charge >= 0.3 is 0 Å². The number of aliphatic hydroxyl groups excluding tert-OH is 1. The normalized spacial score (nSPS) is 25.7. The van der Waals surface area contributed by atoms with E-state index in [4.69, 9.17) is 26.4 Å². The van der Waals surface area contributed by atoms with Crippen molar-refractivity contribution >= 4 is 23.0 Å². The van der Waals surface area contributed by atoms with Gasteiger partial charge in [0.25, 0.3) is 0 Å². The molecule has 0 radical (unpaired) electrons. The highest BCUT2D eigenvalue weighted by Crippen LogP contribution is 2.34. The maximum Gasteiger partial charge on any atom is 0.163 e. The number of fused-ring (bicyclic) bond motifs is 1. The van der Waals surface area contributed by atoms with Crippen LogP contribution < -0.4 is 0 Å². The molecule has 2 unspecified atom stereocenters. The highest BCUT2D eigenvalue weighted by Gasteiger charge is 2.46. The summed E-state index contributed by atoms with van der Waals surface area (Å²) in [5, 5.41) is 13.1. The standard InChI is InChI=1S/C22H31NO4S/c1-13(2)26-19-17(12-25-22(4,5)6)27-20(18(19)24)23-10-9-15-11-14(3)7-8-16(15)21(23)28/h7-11,13,17-20,24H,12H2,1-6H3/t17-,18?,19?,20-/m1/s1. The van der Waals surface area contributed by atoms with Crippen LogP contribution in [0.15, 0.2) is 30.5 Å². The maximum absolute atomic E-state index is 11.0. The average Bonchev–Trinajstić information content (AvgIpc) is 2.88. The van der Waals surface area contributed by atoms with Gasteiger partial charge in [-0.25, -0.2) is 0 Å². The topological polar surface area (TPSA) is 52.9 Å². The lowest BCUT2D eigenvalue weighted by Crippen LogP contribution is -2.39. The van der Waals surface area contributed by atoms with E-state index in [1.54, 1.807) is 0 Å². The molecule has 0 spiro atoms. The van der Waals surface area contributed by atoms with E-state index < -0.39 is 18.4 Å². The first-order valence-corrected chi connectivity index (χ1v) is 10.2. The van der Waals surface area contributed by atoms with Crippen LogP contribution in [0.4, 0.5) is 0 Å². The minimum atomic E-state index is -0.842. The van der Waals surface area contributed by atoms with E-state index in [1.165, 1.54) is 5.56 Å². The first kappa shape index (κ1) is 21.4. The van der Waals surface area contributed by atoms with Gasteiger partial charge in [0.1, 0.15) is 23.0 Å². The van der Waals surface area contributed by atoms with Crippen LogP contribution in [0.25, 0.3) is 10.8 Å². The molecule has 1 saturated heterocycles. The van der Waals surface area contributed by atoms with Crippen molar-refractivity contribution in [2.45, 2.75) is 77.8 Å². The van der Waals surface area contributed by atoms with Gasteiger partial charge in [-0.15, -0.1) is 0 Å². The van der Waals surface area contributed by atoms with E-state index in [0.29, 0.717) is 11.2 Å². The first-order chi connectivity index (χ1) is 13.1. The molecule has 28 heavy (non-hydrogen) atoms. The molecule has 1 fully saturated rings. The summed E-state index contributed by atoms with van der Waals surface area (Å²) in [5.74, 6) is 0. The summed E-state index contributed by atoms with van der Waals surface area (Å²) >= 11 is 5.72. The zero-order valence-electron chi connectivity index (χ0n) is 17.5. The second-order valence-corrected chi connectivity index (χ2v) is 9.13. The smallest absolute Gasteiger partial charge is 0.163 e. The minimum Gasteiger partial charge on any atom is -0.386 e. The third-order valence-electron chi connectivity index (χ3n) is 4.78. The van der Waals surface area contributed by atoms with Gasteiger partial charge in [0.15, 0.2) is 6.23 Å². The van der Waals surface area contributed by atoms with Gasteiger partial charge in [0, 0.05) is 11.6 Å². The van der Waals surface area contributed by atoms with E-state index in [9.17, 15) is 5.11 Å². The number of hydrogen-bond acceptors (Lipinski definition) is 5. The fourth-order valence-corrected chi connectivity index (χ4v) is 3.83. The summed E-state index contributed by atoms with van der Waals surface area (Å²) in [6, 6.07) is 8.17. The molecule has 5 nitrogen and oxygen atoms in total. The fourth-order valence-electron chi connectivity index (χ4n) is 3.48. The number of hydrogen-bond donors (Lipinski definition) is 1. The van der Waals surface area contributed by atoms with Gasteiger partial charge in [-0.3, -0.25) is 0 Å². The summed E-state index contributed by atoms with van der Waals surface area (Å²) < 4.78 is 20.6. The van der Waals surface area contributed by atoms with E-state index in [1.807, 2.05) is 63.6 Å². The van der Waals surface area contributed by atoms with Crippen LogP contribution in [0, 0.1) is 11.6 Å². The third kappa shape index (κ3) is 4.63. The zero-order valence-corrected chi connectivity index (χ0v) is 18.3. The number of pyridine rings is 1. The van der Waals surface area contributed by atoms with Crippen LogP contribution in [-0.2, 0) is 14.2 Å². The molecule has 0 aliphatic carbocycles. The van der Waals surface area contributed by atoms with Crippen molar-refractivity contribution in [3.8, 4) is 0 Å². The highest BCUT2D eigenvalue weighted by atomic mass is 32.1. The molecule has 4 atom stereocenters. The van der Waals surface area contributed by atoms with Gasteiger partial charge in [-0.2, -0.15) is 0 Å². The van der Waals surface area contributed by atoms with E-state index in [0.717, 1.165) is 10.8 Å². The number of benzene rings is 1. The van der Waals surface area contributed by atoms with E-state index in [-0.39, 0.29) is 17.8 Å². The van der Waals surface area contributed by atoms with Crippen LogP contribution in [0.5, 0.6) is 0 Å². The van der Waals surface area contributed by atoms with E-state index >= 15 is 0 Å². The van der Waals surface area contributed by atoms with Crippen molar-refractivity contribution in [2.24, 2.45) is 0 Å². The molecule has 0 amide bonds. The second-order valence-electron chi connectivity index (χ2n) is 8.75. The Morgan fingerprint density at radius 2 is 1.96 bits per heavy atom. The Kier molecular flexibility index (Phi) is 6.27. The van der Waals surface area contributed by atoms with Crippen molar-refractivity contribution in [3.63, 3.8) is 0 Å². The fraction of sp³-hybridized carbons (Fsp3) is 0.591. The lowest BCUT2D eigenvalue weighted by atomic mass is 10.1. The molecule has 1 aliphatic rings. The van der Waals surface area contributed by atoms with Gasteiger partial charge < -0.3 is 23.9 Å². The second kappa shape index (κ2) is 8.20. The molecule has 0 saturated carbocycles. The Balaban J connectivity index is 1.93. The van der Waals surface area contributed by atoms with Crippen LogP contribution >= 0.6 is 12.2 Å². The predicted octanol–water partition coefficient (Wildman–Crippen LogP) is 4.55. The number of nitrogens with zero attached hydrogens (tertiary/aromatic N) is 1. The summed E-state index contributed by atoms with van der Waals surface area (Å²) in [6.45, 7) is 12.3. The van der Waals surface area contributed by atoms with Crippen LogP contribution in [-0.4, -0.2) is 46.3 Å². The van der Waals surface area contributed by atoms with Crippen molar-refractivity contribution in [2.75, 3.05) is 6.61 Å². The Labute approximate surface area is 172 Å². The Morgan fingerprint density at radius 1 is 1.25 bits per heavy atom. The molecule has 0 bridgehead atoms.